The lowest BCUT2D eigenvalue weighted by Gasteiger charge is -2.14. The molecule has 0 aliphatic rings. The minimum absolute atomic E-state index is 0.0962. The van der Waals surface area contributed by atoms with Crippen LogP contribution in [0.1, 0.15) is 11.8 Å². The van der Waals surface area contributed by atoms with Gasteiger partial charge in [-0.15, -0.1) is 11.3 Å². The molecule has 2 aromatic heterocycles. The van der Waals surface area contributed by atoms with Crippen molar-refractivity contribution < 1.29 is 9.84 Å². The molecular weight excluding hydrogens is 384 g/mol. The average Bonchev–Trinajstić information content (AvgIpc) is 3.20. The molecule has 4 aromatic rings. The number of rotatable bonds is 7. The average molecular weight is 407 g/mol. The second kappa shape index (κ2) is 8.59. The molecular formula is C23H22N2O3S. The third kappa shape index (κ3) is 4.39. The molecule has 0 amide bonds. The van der Waals surface area contributed by atoms with Gasteiger partial charge in [0.15, 0.2) is 0 Å². The van der Waals surface area contributed by atoms with Crippen molar-refractivity contribution >= 4 is 21.6 Å². The van der Waals surface area contributed by atoms with E-state index in [1.165, 1.54) is 22.2 Å². The van der Waals surface area contributed by atoms with Crippen LogP contribution < -0.4 is 10.3 Å². The van der Waals surface area contributed by atoms with Crippen molar-refractivity contribution in [2.75, 3.05) is 6.61 Å². The summed E-state index contributed by atoms with van der Waals surface area (Å²) in [7, 11) is 0. The number of ether oxygens (including phenoxy) is 1. The van der Waals surface area contributed by atoms with Crippen LogP contribution >= 0.6 is 11.3 Å². The first-order valence-electron chi connectivity index (χ1n) is 9.58. The lowest BCUT2D eigenvalue weighted by atomic mass is 10.1. The number of nitrogens with zero attached hydrogens (tertiary/aromatic N) is 2. The molecule has 0 saturated carbocycles. The van der Waals surface area contributed by atoms with Gasteiger partial charge in [-0.2, -0.15) is 0 Å². The first-order valence-corrected chi connectivity index (χ1v) is 10.4. The summed E-state index contributed by atoms with van der Waals surface area (Å²) in [6.45, 7) is 2.29. The highest BCUT2D eigenvalue weighted by molar-refractivity contribution is 7.18. The predicted molar refractivity (Wildman–Crippen MR) is 117 cm³/mol. The zero-order valence-electron chi connectivity index (χ0n) is 16.1. The fraction of sp³-hybridized carbons (Fsp3) is 0.217. The van der Waals surface area contributed by atoms with Gasteiger partial charge in [0.1, 0.15) is 23.3 Å². The molecule has 0 saturated heterocycles. The third-order valence-electron chi connectivity index (χ3n) is 4.73. The quantitative estimate of drug-likeness (QED) is 0.501. The van der Waals surface area contributed by atoms with E-state index in [1.54, 1.807) is 0 Å². The summed E-state index contributed by atoms with van der Waals surface area (Å²) in [5, 5.41) is 10.9. The lowest BCUT2D eigenvalue weighted by molar-refractivity contribution is 0.0915. The molecule has 0 bridgehead atoms. The third-order valence-corrected chi connectivity index (χ3v) is 5.92. The molecule has 4 rings (SSSR count). The Hall–Kier alpha value is -2.96. The number of aromatic nitrogens is 2. The largest absolute Gasteiger partial charge is 0.491 e. The summed E-state index contributed by atoms with van der Waals surface area (Å²) in [6, 6.07) is 19.7. The molecule has 0 aliphatic carbocycles. The molecule has 2 aromatic carbocycles. The molecule has 1 atom stereocenters. The summed E-state index contributed by atoms with van der Waals surface area (Å²) in [6.07, 6.45) is 1.56. The summed E-state index contributed by atoms with van der Waals surface area (Å²) in [4.78, 5) is 18.8. The maximum Gasteiger partial charge on any atom is 0.262 e. The molecule has 148 valence electrons. The molecule has 0 aliphatic heterocycles. The van der Waals surface area contributed by atoms with E-state index in [1.807, 2.05) is 48.5 Å². The van der Waals surface area contributed by atoms with E-state index in [0.717, 1.165) is 27.3 Å². The van der Waals surface area contributed by atoms with Gasteiger partial charge < -0.3 is 9.84 Å². The minimum atomic E-state index is -0.815. The molecule has 6 heteroatoms. The van der Waals surface area contributed by atoms with Crippen LogP contribution in [0.4, 0.5) is 0 Å². The van der Waals surface area contributed by atoms with Crippen LogP contribution in [0.5, 0.6) is 5.75 Å². The second-order valence-electron chi connectivity index (χ2n) is 6.84. The van der Waals surface area contributed by atoms with Gasteiger partial charge in [-0.05, 0) is 35.7 Å². The van der Waals surface area contributed by atoms with E-state index >= 15 is 0 Å². The SMILES string of the molecule is CCc1cc2c(=O)n(CC(O)COc3ccc(-c4ccccc4)cc3)cnc2s1. The summed E-state index contributed by atoms with van der Waals surface area (Å²) in [5.74, 6) is 0.676. The number of fused-ring (bicyclic) bond motifs is 1. The number of benzene rings is 2. The van der Waals surface area contributed by atoms with E-state index in [4.69, 9.17) is 4.74 Å². The van der Waals surface area contributed by atoms with Gasteiger partial charge in [0.05, 0.1) is 18.3 Å². The topological polar surface area (TPSA) is 64.4 Å². The summed E-state index contributed by atoms with van der Waals surface area (Å²) >= 11 is 1.53. The Morgan fingerprint density at radius 3 is 2.55 bits per heavy atom. The van der Waals surface area contributed by atoms with Crippen molar-refractivity contribution in [1.82, 2.24) is 9.55 Å². The van der Waals surface area contributed by atoms with Gasteiger partial charge in [0.2, 0.25) is 0 Å². The smallest absolute Gasteiger partial charge is 0.262 e. The monoisotopic (exact) mass is 406 g/mol. The molecule has 0 fully saturated rings. The number of aliphatic hydroxyl groups excluding tert-OH is 1. The van der Waals surface area contributed by atoms with Crippen molar-refractivity contribution in [2.24, 2.45) is 0 Å². The Morgan fingerprint density at radius 2 is 1.83 bits per heavy atom. The number of hydrogen-bond donors (Lipinski definition) is 1. The normalized spacial score (nSPS) is 12.2. The van der Waals surface area contributed by atoms with Crippen molar-refractivity contribution in [3.05, 3.63) is 82.2 Å². The van der Waals surface area contributed by atoms with Crippen LogP contribution in [0.3, 0.4) is 0 Å². The maximum atomic E-state index is 12.6. The van der Waals surface area contributed by atoms with Gasteiger partial charge >= 0.3 is 0 Å². The van der Waals surface area contributed by atoms with Gasteiger partial charge in [-0.25, -0.2) is 4.98 Å². The number of aliphatic hydroxyl groups is 1. The highest BCUT2D eigenvalue weighted by Gasteiger charge is 2.12. The van der Waals surface area contributed by atoms with Crippen molar-refractivity contribution in [3.8, 4) is 16.9 Å². The van der Waals surface area contributed by atoms with Crippen LogP contribution in [0, 0.1) is 0 Å². The molecule has 0 spiro atoms. The molecule has 2 heterocycles. The zero-order valence-corrected chi connectivity index (χ0v) is 16.9. The molecule has 5 nitrogen and oxygen atoms in total. The van der Waals surface area contributed by atoms with Crippen LogP contribution in [-0.2, 0) is 13.0 Å². The molecule has 1 unspecified atom stereocenters. The second-order valence-corrected chi connectivity index (χ2v) is 7.96. The highest BCUT2D eigenvalue weighted by atomic mass is 32.1. The minimum Gasteiger partial charge on any atom is -0.491 e. The van der Waals surface area contributed by atoms with Crippen LogP contribution in [0.25, 0.3) is 21.3 Å². The van der Waals surface area contributed by atoms with Crippen LogP contribution in [-0.4, -0.2) is 27.4 Å². The molecule has 1 N–H and O–H groups in total. The Morgan fingerprint density at radius 1 is 1.10 bits per heavy atom. The summed E-state index contributed by atoms with van der Waals surface area (Å²) in [5.41, 5.74) is 2.12. The first-order chi connectivity index (χ1) is 14.1. The van der Waals surface area contributed by atoms with Gasteiger partial charge in [0.25, 0.3) is 5.56 Å². The van der Waals surface area contributed by atoms with Gasteiger partial charge in [-0.3, -0.25) is 9.36 Å². The Bertz CT molecular complexity index is 1150. The summed E-state index contributed by atoms with van der Waals surface area (Å²) < 4.78 is 7.14. The number of aryl methyl sites for hydroxylation is 1. The van der Waals surface area contributed by atoms with E-state index in [9.17, 15) is 9.90 Å². The first kappa shape index (κ1) is 19.4. The fourth-order valence-electron chi connectivity index (χ4n) is 3.16. The highest BCUT2D eigenvalue weighted by Crippen LogP contribution is 2.23. The number of thiophene rings is 1. The van der Waals surface area contributed by atoms with E-state index in [2.05, 4.69) is 24.0 Å². The Kier molecular flexibility index (Phi) is 5.74. The van der Waals surface area contributed by atoms with Crippen molar-refractivity contribution in [1.29, 1.82) is 0 Å². The van der Waals surface area contributed by atoms with Gasteiger partial charge in [0, 0.05) is 4.88 Å². The predicted octanol–water partition coefficient (Wildman–Crippen LogP) is 4.13. The lowest BCUT2D eigenvalue weighted by Crippen LogP contribution is -2.30. The standard InChI is InChI=1S/C23H22N2O3S/c1-2-20-12-21-22(29-20)24-15-25(23(21)27)13-18(26)14-28-19-10-8-17(9-11-19)16-6-4-3-5-7-16/h3-12,15,18,26H,2,13-14H2,1H3. The number of hydrogen-bond acceptors (Lipinski definition) is 5. The van der Waals surface area contributed by atoms with Gasteiger partial charge in [-0.1, -0.05) is 49.4 Å². The zero-order chi connectivity index (χ0) is 20.2. The van der Waals surface area contributed by atoms with Crippen molar-refractivity contribution in [3.63, 3.8) is 0 Å². The molecule has 0 radical (unpaired) electrons. The molecule has 29 heavy (non-hydrogen) atoms. The van der Waals surface area contributed by atoms with E-state index in [-0.39, 0.29) is 18.7 Å². The maximum absolute atomic E-state index is 12.6. The van der Waals surface area contributed by atoms with Crippen molar-refractivity contribution in [2.45, 2.75) is 26.0 Å². The van der Waals surface area contributed by atoms with Crippen LogP contribution in [0.15, 0.2) is 71.8 Å². The Labute approximate surface area is 172 Å². The fourth-order valence-corrected chi connectivity index (χ4v) is 4.09. The Balaban J connectivity index is 1.39. The van der Waals surface area contributed by atoms with E-state index < -0.39 is 6.10 Å². The van der Waals surface area contributed by atoms with E-state index in [0.29, 0.717) is 11.1 Å². The van der Waals surface area contributed by atoms with Crippen LogP contribution in [0.2, 0.25) is 0 Å².